The van der Waals surface area contributed by atoms with Crippen molar-refractivity contribution >= 4 is 11.9 Å². The van der Waals surface area contributed by atoms with E-state index >= 15 is 0 Å². The first-order valence-corrected chi connectivity index (χ1v) is 7.26. The molecule has 0 aromatic heterocycles. The standard InChI is InChI=1S/C16H19N3O3/c1-11(2)9-14-15(20)19(16(21)18-14)7-8-22-13-5-3-12(10-17)4-6-13/h3-6,11,14H,7-9H2,1-2H3,(H,18,21). The molecular weight excluding hydrogens is 282 g/mol. The lowest BCUT2D eigenvalue weighted by Gasteiger charge is -2.14. The highest BCUT2D eigenvalue weighted by molar-refractivity contribution is 6.04. The molecule has 1 N–H and O–H groups in total. The number of nitrogens with one attached hydrogen (secondary N) is 1. The van der Waals surface area contributed by atoms with Gasteiger partial charge in [-0.05, 0) is 36.6 Å². The normalized spacial score (nSPS) is 17.5. The number of benzene rings is 1. The van der Waals surface area contributed by atoms with Gasteiger partial charge in [0.25, 0.3) is 5.91 Å². The van der Waals surface area contributed by atoms with Gasteiger partial charge in [-0.15, -0.1) is 0 Å². The van der Waals surface area contributed by atoms with Gasteiger partial charge < -0.3 is 10.1 Å². The van der Waals surface area contributed by atoms with Gasteiger partial charge in [-0.25, -0.2) is 4.79 Å². The van der Waals surface area contributed by atoms with E-state index in [1.165, 1.54) is 4.90 Å². The Morgan fingerprint density at radius 2 is 2.00 bits per heavy atom. The van der Waals surface area contributed by atoms with Crippen molar-refractivity contribution in [2.75, 3.05) is 13.2 Å². The summed E-state index contributed by atoms with van der Waals surface area (Å²) in [7, 11) is 0. The number of nitrogens with zero attached hydrogens (tertiary/aromatic N) is 2. The SMILES string of the molecule is CC(C)CC1NC(=O)N(CCOc2ccc(C#N)cc2)C1=O. The fourth-order valence-electron chi connectivity index (χ4n) is 2.30. The molecule has 1 aromatic rings. The van der Waals surface area contributed by atoms with Crippen LogP contribution in [0.1, 0.15) is 25.8 Å². The average Bonchev–Trinajstić information content (AvgIpc) is 2.74. The molecule has 1 aliphatic heterocycles. The van der Waals surface area contributed by atoms with E-state index in [2.05, 4.69) is 5.32 Å². The summed E-state index contributed by atoms with van der Waals surface area (Å²) in [5.74, 6) is 0.746. The Hall–Kier alpha value is -2.55. The number of carbonyl (C=O) groups is 2. The van der Waals surface area contributed by atoms with Crippen molar-refractivity contribution in [1.29, 1.82) is 5.26 Å². The third-order valence-corrected chi connectivity index (χ3v) is 3.38. The molecule has 1 saturated heterocycles. The van der Waals surface area contributed by atoms with Gasteiger partial charge in [0.15, 0.2) is 0 Å². The van der Waals surface area contributed by atoms with Crippen molar-refractivity contribution in [3.05, 3.63) is 29.8 Å². The molecule has 2 rings (SSSR count). The Morgan fingerprint density at radius 3 is 2.59 bits per heavy atom. The predicted octanol–water partition coefficient (Wildman–Crippen LogP) is 1.90. The molecule has 0 bridgehead atoms. The maximum absolute atomic E-state index is 12.1. The van der Waals surface area contributed by atoms with Gasteiger partial charge in [-0.1, -0.05) is 13.8 Å². The molecule has 1 unspecified atom stereocenters. The van der Waals surface area contributed by atoms with Crippen LogP contribution in [0.5, 0.6) is 5.75 Å². The second-order valence-corrected chi connectivity index (χ2v) is 5.61. The van der Waals surface area contributed by atoms with Crippen LogP contribution in [0.2, 0.25) is 0 Å². The highest BCUT2D eigenvalue weighted by Crippen LogP contribution is 2.15. The molecule has 116 valence electrons. The quantitative estimate of drug-likeness (QED) is 0.814. The van der Waals surface area contributed by atoms with Crippen molar-refractivity contribution in [2.45, 2.75) is 26.3 Å². The van der Waals surface area contributed by atoms with Gasteiger partial charge in [0.05, 0.1) is 18.2 Å². The van der Waals surface area contributed by atoms with Gasteiger partial charge >= 0.3 is 6.03 Å². The first kappa shape index (κ1) is 15.8. The van der Waals surface area contributed by atoms with E-state index in [0.29, 0.717) is 23.7 Å². The van der Waals surface area contributed by atoms with E-state index in [-0.39, 0.29) is 25.1 Å². The topological polar surface area (TPSA) is 82.4 Å². The molecule has 1 aromatic carbocycles. The first-order valence-electron chi connectivity index (χ1n) is 7.26. The summed E-state index contributed by atoms with van der Waals surface area (Å²) in [6.45, 7) is 4.45. The maximum atomic E-state index is 12.1. The van der Waals surface area contributed by atoms with Crippen molar-refractivity contribution in [1.82, 2.24) is 10.2 Å². The van der Waals surface area contributed by atoms with E-state index in [1.54, 1.807) is 24.3 Å². The Morgan fingerprint density at radius 1 is 1.32 bits per heavy atom. The molecule has 1 aliphatic rings. The maximum Gasteiger partial charge on any atom is 0.324 e. The minimum atomic E-state index is -0.428. The Bertz CT molecular complexity index is 590. The lowest BCUT2D eigenvalue weighted by Crippen LogP contribution is -2.35. The zero-order valence-corrected chi connectivity index (χ0v) is 12.7. The van der Waals surface area contributed by atoms with Crippen LogP contribution >= 0.6 is 0 Å². The molecule has 0 radical (unpaired) electrons. The molecular formula is C16H19N3O3. The Kier molecular flexibility index (Phi) is 4.99. The minimum absolute atomic E-state index is 0.192. The highest BCUT2D eigenvalue weighted by Gasteiger charge is 2.37. The first-order chi connectivity index (χ1) is 10.5. The van der Waals surface area contributed by atoms with Gasteiger partial charge in [-0.3, -0.25) is 9.69 Å². The molecule has 3 amide bonds. The van der Waals surface area contributed by atoms with Crippen LogP contribution in [0.3, 0.4) is 0 Å². The fourth-order valence-corrected chi connectivity index (χ4v) is 2.30. The fraction of sp³-hybridized carbons (Fsp3) is 0.438. The summed E-state index contributed by atoms with van der Waals surface area (Å²) in [5.41, 5.74) is 0.554. The van der Waals surface area contributed by atoms with Crippen LogP contribution < -0.4 is 10.1 Å². The van der Waals surface area contributed by atoms with E-state index in [4.69, 9.17) is 10.00 Å². The number of rotatable bonds is 6. The summed E-state index contributed by atoms with van der Waals surface area (Å²) in [4.78, 5) is 25.1. The zero-order chi connectivity index (χ0) is 16.1. The summed E-state index contributed by atoms with van der Waals surface area (Å²) < 4.78 is 5.50. The number of nitriles is 1. The molecule has 1 heterocycles. The van der Waals surface area contributed by atoms with Crippen LogP contribution in [0.15, 0.2) is 24.3 Å². The smallest absolute Gasteiger partial charge is 0.324 e. The zero-order valence-electron chi connectivity index (χ0n) is 12.7. The largest absolute Gasteiger partial charge is 0.492 e. The number of urea groups is 1. The van der Waals surface area contributed by atoms with Crippen molar-refractivity contribution < 1.29 is 14.3 Å². The molecule has 0 saturated carbocycles. The van der Waals surface area contributed by atoms with E-state index in [0.717, 1.165) is 0 Å². The molecule has 0 aliphatic carbocycles. The third kappa shape index (κ3) is 3.76. The van der Waals surface area contributed by atoms with Gasteiger partial charge in [0.2, 0.25) is 0 Å². The lowest BCUT2D eigenvalue weighted by molar-refractivity contribution is -0.128. The van der Waals surface area contributed by atoms with Gasteiger partial charge in [0.1, 0.15) is 18.4 Å². The third-order valence-electron chi connectivity index (χ3n) is 3.38. The number of imide groups is 1. The second kappa shape index (κ2) is 6.94. The van der Waals surface area contributed by atoms with Crippen LogP contribution in [-0.4, -0.2) is 36.0 Å². The van der Waals surface area contributed by atoms with Crippen LogP contribution in [0.4, 0.5) is 4.79 Å². The van der Waals surface area contributed by atoms with Crippen molar-refractivity contribution in [3.8, 4) is 11.8 Å². The van der Waals surface area contributed by atoms with E-state index in [1.807, 2.05) is 19.9 Å². The van der Waals surface area contributed by atoms with Gasteiger partial charge in [0, 0.05) is 0 Å². The van der Waals surface area contributed by atoms with Crippen LogP contribution in [0.25, 0.3) is 0 Å². The summed E-state index contributed by atoms with van der Waals surface area (Å²) in [6.07, 6.45) is 0.636. The minimum Gasteiger partial charge on any atom is -0.492 e. The van der Waals surface area contributed by atoms with E-state index < -0.39 is 6.04 Å². The van der Waals surface area contributed by atoms with E-state index in [9.17, 15) is 9.59 Å². The number of hydrogen-bond acceptors (Lipinski definition) is 4. The highest BCUT2D eigenvalue weighted by atomic mass is 16.5. The molecule has 0 spiro atoms. The molecule has 1 fully saturated rings. The number of amides is 3. The monoisotopic (exact) mass is 301 g/mol. The summed E-state index contributed by atoms with van der Waals surface area (Å²) in [5, 5.41) is 11.4. The van der Waals surface area contributed by atoms with Crippen molar-refractivity contribution in [2.24, 2.45) is 5.92 Å². The second-order valence-electron chi connectivity index (χ2n) is 5.61. The van der Waals surface area contributed by atoms with Crippen molar-refractivity contribution in [3.63, 3.8) is 0 Å². The molecule has 6 heteroatoms. The number of ether oxygens (including phenoxy) is 1. The molecule has 22 heavy (non-hydrogen) atoms. The lowest BCUT2D eigenvalue weighted by atomic mass is 10.0. The number of carbonyl (C=O) groups excluding carboxylic acids is 2. The Balaban J connectivity index is 1.84. The summed E-state index contributed by atoms with van der Waals surface area (Å²) >= 11 is 0. The number of hydrogen-bond donors (Lipinski definition) is 1. The van der Waals surface area contributed by atoms with Crippen LogP contribution in [0, 0.1) is 17.2 Å². The predicted molar refractivity (Wildman–Crippen MR) is 80.1 cm³/mol. The van der Waals surface area contributed by atoms with Crippen LogP contribution in [-0.2, 0) is 4.79 Å². The molecule has 1 atom stereocenters. The average molecular weight is 301 g/mol. The molecule has 6 nitrogen and oxygen atoms in total. The van der Waals surface area contributed by atoms with Gasteiger partial charge in [-0.2, -0.15) is 5.26 Å². The summed E-state index contributed by atoms with van der Waals surface area (Å²) in [6, 6.07) is 7.92. The Labute approximate surface area is 129 Å².